The highest BCUT2D eigenvalue weighted by molar-refractivity contribution is 7.10. The van der Waals surface area contributed by atoms with Crippen LogP contribution in [0, 0.1) is 0 Å². The summed E-state index contributed by atoms with van der Waals surface area (Å²) in [6.45, 7) is 6.55. The fourth-order valence-electron chi connectivity index (χ4n) is 1.25. The van der Waals surface area contributed by atoms with Gasteiger partial charge in [0.25, 0.3) is 0 Å². The summed E-state index contributed by atoms with van der Waals surface area (Å²) in [5, 5.41) is 13.8. The van der Waals surface area contributed by atoms with E-state index in [9.17, 15) is 4.79 Å². The Labute approximate surface area is 94.1 Å². The molecule has 84 valence electrons. The largest absolute Gasteiger partial charge is 0.480 e. The van der Waals surface area contributed by atoms with E-state index in [-0.39, 0.29) is 5.41 Å². The van der Waals surface area contributed by atoms with Crippen LogP contribution in [0.25, 0.3) is 0 Å². The molecule has 0 aliphatic rings. The summed E-state index contributed by atoms with van der Waals surface area (Å²) in [5.41, 5.74) is -0.0160. The van der Waals surface area contributed by atoms with E-state index >= 15 is 0 Å². The van der Waals surface area contributed by atoms with Crippen LogP contribution in [0.5, 0.6) is 0 Å². The molecule has 1 aromatic heterocycles. The van der Waals surface area contributed by atoms with Gasteiger partial charge in [0.2, 0.25) is 0 Å². The van der Waals surface area contributed by atoms with Crippen molar-refractivity contribution < 1.29 is 9.90 Å². The third kappa shape index (κ3) is 3.32. The number of carboxylic acid groups (broad SMARTS) is 1. The molecule has 0 saturated carbocycles. The van der Waals surface area contributed by atoms with E-state index in [1.807, 2.05) is 11.4 Å². The van der Waals surface area contributed by atoms with Crippen LogP contribution in [0.15, 0.2) is 17.5 Å². The van der Waals surface area contributed by atoms with Gasteiger partial charge < -0.3 is 10.4 Å². The molecule has 0 fully saturated rings. The molecule has 15 heavy (non-hydrogen) atoms. The number of carbonyl (C=O) groups is 1. The highest BCUT2D eigenvalue weighted by atomic mass is 32.1. The third-order valence-corrected chi connectivity index (χ3v) is 3.64. The first-order valence-electron chi connectivity index (χ1n) is 4.93. The SMILES string of the molecule is CC(NCC(C)(C)c1cccs1)C(=O)O. The fraction of sp³-hybridized carbons (Fsp3) is 0.545. The molecule has 0 saturated heterocycles. The maximum absolute atomic E-state index is 10.6. The number of carboxylic acids is 1. The Hall–Kier alpha value is -0.870. The minimum atomic E-state index is -0.808. The molecule has 1 heterocycles. The Morgan fingerprint density at radius 3 is 2.80 bits per heavy atom. The van der Waals surface area contributed by atoms with Crippen molar-refractivity contribution in [1.29, 1.82) is 0 Å². The number of aliphatic carboxylic acids is 1. The van der Waals surface area contributed by atoms with Gasteiger partial charge in [-0.25, -0.2) is 0 Å². The average molecular weight is 227 g/mol. The minimum Gasteiger partial charge on any atom is -0.480 e. The number of thiophene rings is 1. The summed E-state index contributed by atoms with van der Waals surface area (Å²) in [5.74, 6) is -0.808. The molecule has 0 spiro atoms. The van der Waals surface area contributed by atoms with Gasteiger partial charge >= 0.3 is 5.97 Å². The van der Waals surface area contributed by atoms with Crippen molar-refractivity contribution in [2.45, 2.75) is 32.2 Å². The summed E-state index contributed by atoms with van der Waals surface area (Å²) in [4.78, 5) is 11.9. The number of hydrogen-bond donors (Lipinski definition) is 2. The van der Waals surface area contributed by atoms with Crippen LogP contribution in [0.2, 0.25) is 0 Å². The van der Waals surface area contributed by atoms with E-state index < -0.39 is 12.0 Å². The van der Waals surface area contributed by atoms with Gasteiger partial charge in [-0.2, -0.15) is 0 Å². The van der Waals surface area contributed by atoms with E-state index in [1.54, 1.807) is 18.3 Å². The lowest BCUT2D eigenvalue weighted by Gasteiger charge is -2.25. The highest BCUT2D eigenvalue weighted by Crippen LogP contribution is 2.26. The van der Waals surface area contributed by atoms with Crippen molar-refractivity contribution >= 4 is 17.3 Å². The zero-order chi connectivity index (χ0) is 11.5. The molecule has 3 nitrogen and oxygen atoms in total. The Bertz CT molecular complexity index is 319. The predicted octanol–water partition coefficient (Wildman–Crippen LogP) is 2.09. The van der Waals surface area contributed by atoms with Crippen molar-refractivity contribution in [3.05, 3.63) is 22.4 Å². The molecule has 2 N–H and O–H groups in total. The summed E-state index contributed by atoms with van der Waals surface area (Å²) < 4.78 is 0. The van der Waals surface area contributed by atoms with Crippen molar-refractivity contribution in [1.82, 2.24) is 5.32 Å². The molecular weight excluding hydrogens is 210 g/mol. The first-order chi connectivity index (χ1) is 6.93. The molecule has 1 unspecified atom stereocenters. The Morgan fingerprint density at radius 1 is 1.67 bits per heavy atom. The van der Waals surface area contributed by atoms with Crippen molar-refractivity contribution in [3.63, 3.8) is 0 Å². The topological polar surface area (TPSA) is 49.3 Å². The van der Waals surface area contributed by atoms with Crippen LogP contribution in [0.1, 0.15) is 25.6 Å². The lowest BCUT2D eigenvalue weighted by atomic mass is 9.91. The van der Waals surface area contributed by atoms with Crippen LogP contribution >= 0.6 is 11.3 Å². The molecule has 1 atom stereocenters. The average Bonchev–Trinajstić information content (AvgIpc) is 2.67. The molecule has 1 rings (SSSR count). The highest BCUT2D eigenvalue weighted by Gasteiger charge is 2.23. The van der Waals surface area contributed by atoms with E-state index in [2.05, 4.69) is 25.2 Å². The summed E-state index contributed by atoms with van der Waals surface area (Å²) in [6.07, 6.45) is 0. The normalized spacial score (nSPS) is 13.8. The van der Waals surface area contributed by atoms with Crippen LogP contribution < -0.4 is 5.32 Å². The summed E-state index contributed by atoms with van der Waals surface area (Å²) in [7, 11) is 0. The molecule has 0 bridgehead atoms. The molecule has 0 amide bonds. The summed E-state index contributed by atoms with van der Waals surface area (Å²) in [6, 6.07) is 3.60. The van der Waals surface area contributed by atoms with Gasteiger partial charge in [0.15, 0.2) is 0 Å². The fourth-order valence-corrected chi connectivity index (χ4v) is 2.10. The Kier molecular flexibility index (Phi) is 3.88. The minimum absolute atomic E-state index is 0.0160. The smallest absolute Gasteiger partial charge is 0.320 e. The molecule has 0 aromatic carbocycles. The number of rotatable bonds is 5. The third-order valence-electron chi connectivity index (χ3n) is 2.41. The van der Waals surface area contributed by atoms with Gasteiger partial charge in [0.1, 0.15) is 6.04 Å². The standard InChI is InChI=1S/C11H17NO2S/c1-8(10(13)14)12-7-11(2,3)9-5-4-6-15-9/h4-6,8,12H,7H2,1-3H3,(H,13,14). The van der Waals surface area contributed by atoms with Crippen molar-refractivity contribution in [2.24, 2.45) is 0 Å². The molecule has 1 aromatic rings. The molecule has 0 aliphatic heterocycles. The van der Waals surface area contributed by atoms with E-state index in [0.29, 0.717) is 6.54 Å². The number of nitrogens with one attached hydrogen (secondary N) is 1. The maximum Gasteiger partial charge on any atom is 0.320 e. The maximum atomic E-state index is 10.6. The zero-order valence-corrected chi connectivity index (χ0v) is 10.1. The van der Waals surface area contributed by atoms with Gasteiger partial charge in [0, 0.05) is 16.8 Å². The van der Waals surface area contributed by atoms with Crippen molar-refractivity contribution in [2.75, 3.05) is 6.54 Å². The number of hydrogen-bond acceptors (Lipinski definition) is 3. The van der Waals surface area contributed by atoms with Crippen LogP contribution in [0.3, 0.4) is 0 Å². The molecule has 0 radical (unpaired) electrons. The Balaban J connectivity index is 2.54. The van der Waals surface area contributed by atoms with E-state index in [1.165, 1.54) is 4.88 Å². The molecule has 4 heteroatoms. The second-order valence-electron chi connectivity index (χ2n) is 4.30. The predicted molar refractivity (Wildman–Crippen MR) is 62.4 cm³/mol. The first-order valence-corrected chi connectivity index (χ1v) is 5.81. The van der Waals surface area contributed by atoms with Gasteiger partial charge in [-0.15, -0.1) is 11.3 Å². The second-order valence-corrected chi connectivity index (χ2v) is 5.25. The zero-order valence-electron chi connectivity index (χ0n) is 9.28. The van der Waals surface area contributed by atoms with Crippen LogP contribution in [0.4, 0.5) is 0 Å². The second kappa shape index (κ2) is 4.77. The van der Waals surface area contributed by atoms with Gasteiger partial charge in [-0.05, 0) is 18.4 Å². The lowest BCUT2D eigenvalue weighted by molar-refractivity contribution is -0.139. The monoisotopic (exact) mass is 227 g/mol. The van der Waals surface area contributed by atoms with E-state index in [0.717, 1.165) is 0 Å². The summed E-state index contributed by atoms with van der Waals surface area (Å²) >= 11 is 1.70. The first kappa shape index (κ1) is 12.2. The molecule has 0 aliphatic carbocycles. The van der Waals surface area contributed by atoms with E-state index in [4.69, 9.17) is 5.11 Å². The molecular formula is C11H17NO2S. The van der Waals surface area contributed by atoms with Gasteiger partial charge in [-0.3, -0.25) is 4.79 Å². The Morgan fingerprint density at radius 2 is 2.33 bits per heavy atom. The quantitative estimate of drug-likeness (QED) is 0.809. The van der Waals surface area contributed by atoms with Gasteiger partial charge in [0.05, 0.1) is 0 Å². The van der Waals surface area contributed by atoms with Gasteiger partial charge in [-0.1, -0.05) is 19.9 Å². The van der Waals surface area contributed by atoms with Crippen LogP contribution in [-0.2, 0) is 10.2 Å². The van der Waals surface area contributed by atoms with Crippen LogP contribution in [-0.4, -0.2) is 23.7 Å². The van der Waals surface area contributed by atoms with Crippen molar-refractivity contribution in [3.8, 4) is 0 Å². The lowest BCUT2D eigenvalue weighted by Crippen LogP contribution is -2.41.